The molecule has 25 heavy (non-hydrogen) atoms. The Kier molecular flexibility index (Phi) is 6.76. The summed E-state index contributed by atoms with van der Waals surface area (Å²) in [6.07, 6.45) is 8.75. The van der Waals surface area contributed by atoms with E-state index in [0.717, 1.165) is 11.1 Å². The lowest BCUT2D eigenvalue weighted by molar-refractivity contribution is -0.116. The van der Waals surface area contributed by atoms with Gasteiger partial charge in [-0.15, -0.1) is 0 Å². The smallest absolute Gasteiger partial charge is 0.244 e. The van der Waals surface area contributed by atoms with Crippen LogP contribution in [0, 0.1) is 0 Å². The Morgan fingerprint density at radius 3 is 2.28 bits per heavy atom. The van der Waals surface area contributed by atoms with E-state index in [-0.39, 0.29) is 5.91 Å². The summed E-state index contributed by atoms with van der Waals surface area (Å²) >= 11 is 0. The first-order valence-electron chi connectivity index (χ1n) is 7.67. The number of carbonyl (C=O) groups is 1. The summed E-state index contributed by atoms with van der Waals surface area (Å²) in [5, 5.41) is 2.81. The normalized spacial score (nSPS) is 10.5. The largest absolute Gasteiger partial charge is 0.493 e. The van der Waals surface area contributed by atoms with Gasteiger partial charge in [-0.05, 0) is 35.8 Å². The molecule has 0 saturated heterocycles. The van der Waals surface area contributed by atoms with Gasteiger partial charge in [-0.1, -0.05) is 0 Å². The number of carbonyl (C=O) groups excluding carboxylic acids is 1. The van der Waals surface area contributed by atoms with Crippen molar-refractivity contribution in [2.24, 2.45) is 0 Å². The third kappa shape index (κ3) is 5.20. The summed E-state index contributed by atoms with van der Waals surface area (Å²) < 4.78 is 15.8. The Labute approximate surface area is 146 Å². The molecule has 0 fully saturated rings. The zero-order chi connectivity index (χ0) is 18.1. The second kappa shape index (κ2) is 9.27. The average Bonchev–Trinajstić information content (AvgIpc) is 2.66. The monoisotopic (exact) mass is 343 g/mol. The van der Waals surface area contributed by atoms with Crippen LogP contribution in [0.5, 0.6) is 17.2 Å². The van der Waals surface area contributed by atoms with Gasteiger partial charge in [-0.25, -0.2) is 9.97 Å². The van der Waals surface area contributed by atoms with Crippen LogP contribution < -0.4 is 19.5 Å². The highest BCUT2D eigenvalue weighted by Gasteiger charge is 2.12. The number of ether oxygens (including phenoxy) is 3. The van der Waals surface area contributed by atoms with Gasteiger partial charge in [0.25, 0.3) is 0 Å². The van der Waals surface area contributed by atoms with Gasteiger partial charge in [0.2, 0.25) is 11.7 Å². The van der Waals surface area contributed by atoms with Crippen molar-refractivity contribution in [1.29, 1.82) is 0 Å². The van der Waals surface area contributed by atoms with Crippen molar-refractivity contribution in [3.05, 3.63) is 48.1 Å². The molecule has 132 valence electrons. The molecule has 7 nitrogen and oxygen atoms in total. The van der Waals surface area contributed by atoms with Crippen molar-refractivity contribution in [2.45, 2.75) is 6.42 Å². The highest BCUT2D eigenvalue weighted by Crippen LogP contribution is 2.38. The van der Waals surface area contributed by atoms with Crippen LogP contribution in [0.2, 0.25) is 0 Å². The van der Waals surface area contributed by atoms with E-state index in [2.05, 4.69) is 15.3 Å². The maximum Gasteiger partial charge on any atom is 0.244 e. The molecule has 0 unspecified atom stereocenters. The molecule has 0 spiro atoms. The molecule has 0 aliphatic rings. The molecule has 0 aliphatic heterocycles. The summed E-state index contributed by atoms with van der Waals surface area (Å²) in [5.74, 6) is 1.39. The summed E-state index contributed by atoms with van der Waals surface area (Å²) in [5.41, 5.74) is 1.73. The zero-order valence-corrected chi connectivity index (χ0v) is 14.5. The van der Waals surface area contributed by atoms with Gasteiger partial charge >= 0.3 is 0 Å². The highest BCUT2D eigenvalue weighted by molar-refractivity contribution is 5.91. The lowest BCUT2D eigenvalue weighted by Crippen LogP contribution is -2.23. The molecular formula is C18H21N3O4. The van der Waals surface area contributed by atoms with Crippen LogP contribution >= 0.6 is 0 Å². The van der Waals surface area contributed by atoms with Gasteiger partial charge in [0.15, 0.2) is 11.5 Å². The van der Waals surface area contributed by atoms with E-state index in [9.17, 15) is 4.79 Å². The van der Waals surface area contributed by atoms with Gasteiger partial charge in [0.05, 0.1) is 21.3 Å². The fourth-order valence-electron chi connectivity index (χ4n) is 2.22. The number of aromatic nitrogens is 2. The van der Waals surface area contributed by atoms with Crippen molar-refractivity contribution in [1.82, 2.24) is 15.3 Å². The summed E-state index contributed by atoms with van der Waals surface area (Å²) in [4.78, 5) is 19.8. The second-order valence-corrected chi connectivity index (χ2v) is 5.08. The Balaban J connectivity index is 1.97. The van der Waals surface area contributed by atoms with Crippen molar-refractivity contribution in [3.8, 4) is 17.2 Å². The molecule has 0 radical (unpaired) electrons. The minimum absolute atomic E-state index is 0.189. The third-order valence-corrected chi connectivity index (χ3v) is 3.44. The van der Waals surface area contributed by atoms with Crippen molar-refractivity contribution >= 4 is 12.0 Å². The standard InChI is InChI=1S/C18H21N3O4/c1-23-15-8-13(9-16(24-2)18(15)25-3)4-5-17(22)21-7-6-14-10-19-12-20-11-14/h4-5,8-12H,6-7H2,1-3H3,(H,21,22)/b5-4+. The van der Waals surface area contributed by atoms with Crippen molar-refractivity contribution < 1.29 is 19.0 Å². The Morgan fingerprint density at radius 1 is 1.08 bits per heavy atom. The number of hydrogen-bond donors (Lipinski definition) is 1. The van der Waals surface area contributed by atoms with Crippen molar-refractivity contribution in [3.63, 3.8) is 0 Å². The number of amides is 1. The lowest BCUT2D eigenvalue weighted by Gasteiger charge is -2.12. The Bertz CT molecular complexity index is 707. The molecule has 1 N–H and O–H groups in total. The van der Waals surface area contributed by atoms with Crippen LogP contribution in [-0.4, -0.2) is 43.7 Å². The van der Waals surface area contributed by atoms with Crippen LogP contribution in [-0.2, 0) is 11.2 Å². The first-order valence-corrected chi connectivity index (χ1v) is 7.67. The summed E-state index contributed by atoms with van der Waals surface area (Å²) in [7, 11) is 4.64. The van der Waals surface area contributed by atoms with E-state index in [4.69, 9.17) is 14.2 Å². The first-order chi connectivity index (χ1) is 12.2. The Morgan fingerprint density at radius 2 is 1.72 bits per heavy atom. The molecule has 0 saturated carbocycles. The molecule has 0 bridgehead atoms. The highest BCUT2D eigenvalue weighted by atomic mass is 16.5. The SMILES string of the molecule is COc1cc(/C=C/C(=O)NCCc2cncnc2)cc(OC)c1OC. The number of hydrogen-bond acceptors (Lipinski definition) is 6. The minimum atomic E-state index is -0.189. The molecular weight excluding hydrogens is 322 g/mol. The number of rotatable bonds is 8. The number of benzene rings is 1. The molecule has 1 aromatic heterocycles. The van der Waals surface area contributed by atoms with Crippen LogP contribution in [0.1, 0.15) is 11.1 Å². The second-order valence-electron chi connectivity index (χ2n) is 5.08. The minimum Gasteiger partial charge on any atom is -0.493 e. The van der Waals surface area contributed by atoms with Crippen molar-refractivity contribution in [2.75, 3.05) is 27.9 Å². The number of nitrogens with zero attached hydrogens (tertiary/aromatic N) is 2. The van der Waals surface area contributed by atoms with Crippen LogP contribution in [0.3, 0.4) is 0 Å². The molecule has 2 aromatic rings. The lowest BCUT2D eigenvalue weighted by atomic mass is 10.1. The van der Waals surface area contributed by atoms with E-state index in [1.807, 2.05) is 0 Å². The number of methoxy groups -OCH3 is 3. The van der Waals surface area contributed by atoms with E-state index >= 15 is 0 Å². The van der Waals surface area contributed by atoms with E-state index in [1.54, 1.807) is 51.9 Å². The molecule has 1 aromatic carbocycles. The van der Waals surface area contributed by atoms with Crippen LogP contribution in [0.4, 0.5) is 0 Å². The van der Waals surface area contributed by atoms with E-state index in [0.29, 0.717) is 30.2 Å². The first kappa shape index (κ1) is 18.3. The number of nitrogens with one attached hydrogen (secondary N) is 1. The van der Waals surface area contributed by atoms with Gasteiger partial charge in [0, 0.05) is 25.0 Å². The van der Waals surface area contributed by atoms with Crippen LogP contribution in [0.25, 0.3) is 6.08 Å². The summed E-state index contributed by atoms with van der Waals surface area (Å²) in [6.45, 7) is 0.506. The fraction of sp³-hybridized carbons (Fsp3) is 0.278. The van der Waals surface area contributed by atoms with Gasteiger partial charge in [0.1, 0.15) is 6.33 Å². The Hall–Kier alpha value is -3.09. The third-order valence-electron chi connectivity index (χ3n) is 3.44. The predicted molar refractivity (Wildman–Crippen MR) is 93.9 cm³/mol. The van der Waals surface area contributed by atoms with E-state index in [1.165, 1.54) is 12.4 Å². The quantitative estimate of drug-likeness (QED) is 0.737. The molecule has 0 atom stereocenters. The summed E-state index contributed by atoms with van der Waals surface area (Å²) in [6, 6.07) is 3.54. The van der Waals surface area contributed by atoms with Gasteiger partial charge in [-0.2, -0.15) is 0 Å². The maximum atomic E-state index is 11.9. The molecule has 1 amide bonds. The molecule has 1 heterocycles. The molecule has 7 heteroatoms. The topological polar surface area (TPSA) is 82.6 Å². The molecule has 0 aliphatic carbocycles. The van der Waals surface area contributed by atoms with Crippen LogP contribution in [0.15, 0.2) is 36.9 Å². The molecule has 2 rings (SSSR count). The maximum absolute atomic E-state index is 11.9. The fourth-order valence-corrected chi connectivity index (χ4v) is 2.22. The van der Waals surface area contributed by atoms with E-state index < -0.39 is 0 Å². The average molecular weight is 343 g/mol. The van der Waals surface area contributed by atoms with Gasteiger partial charge in [-0.3, -0.25) is 4.79 Å². The predicted octanol–water partition coefficient (Wildman–Crippen LogP) is 1.87. The zero-order valence-electron chi connectivity index (χ0n) is 14.5. The van der Waals surface area contributed by atoms with Gasteiger partial charge < -0.3 is 19.5 Å².